The Bertz CT molecular complexity index is 431. The molecule has 4 heteroatoms. The molecule has 21 heavy (non-hydrogen) atoms. The van der Waals surface area contributed by atoms with E-state index in [0.717, 1.165) is 25.3 Å². The number of nitrogens with two attached hydrogens (primary N) is 1. The fraction of sp³-hybridized carbons (Fsp3) is 0.647. The second-order valence-corrected chi connectivity index (χ2v) is 6.07. The third-order valence-corrected chi connectivity index (χ3v) is 3.89. The topological polar surface area (TPSA) is 47.7 Å². The molecule has 0 amide bonds. The first-order valence-corrected chi connectivity index (χ1v) is 7.88. The Labute approximate surface area is 128 Å². The Morgan fingerprint density at radius 3 is 2.86 bits per heavy atom. The average molecular weight is 292 g/mol. The summed E-state index contributed by atoms with van der Waals surface area (Å²) >= 11 is 0. The molecule has 1 aliphatic heterocycles. The van der Waals surface area contributed by atoms with Crippen molar-refractivity contribution in [2.75, 3.05) is 26.7 Å². The van der Waals surface area contributed by atoms with Gasteiger partial charge < -0.3 is 15.2 Å². The minimum Gasteiger partial charge on any atom is -0.491 e. The molecular weight excluding hydrogens is 264 g/mol. The highest BCUT2D eigenvalue weighted by atomic mass is 16.5. The van der Waals surface area contributed by atoms with Gasteiger partial charge >= 0.3 is 0 Å². The lowest BCUT2D eigenvalue weighted by molar-refractivity contribution is 0.0689. The summed E-state index contributed by atoms with van der Waals surface area (Å²) in [5.74, 6) is 0.909. The van der Waals surface area contributed by atoms with E-state index in [1.54, 1.807) is 0 Å². The van der Waals surface area contributed by atoms with Crippen molar-refractivity contribution >= 4 is 0 Å². The monoisotopic (exact) mass is 292 g/mol. The number of hydrogen-bond acceptors (Lipinski definition) is 4. The van der Waals surface area contributed by atoms with Gasteiger partial charge in [0.2, 0.25) is 0 Å². The van der Waals surface area contributed by atoms with E-state index in [-0.39, 0.29) is 12.1 Å². The molecule has 1 aromatic carbocycles. The van der Waals surface area contributed by atoms with Crippen LogP contribution in [0, 0.1) is 0 Å². The quantitative estimate of drug-likeness (QED) is 0.839. The van der Waals surface area contributed by atoms with E-state index in [1.807, 2.05) is 26.0 Å². The maximum absolute atomic E-state index is 6.01. The Morgan fingerprint density at radius 1 is 1.43 bits per heavy atom. The highest BCUT2D eigenvalue weighted by Crippen LogP contribution is 2.25. The summed E-state index contributed by atoms with van der Waals surface area (Å²) in [6.45, 7) is 6.49. The molecule has 2 unspecified atom stereocenters. The molecule has 4 nitrogen and oxygen atoms in total. The van der Waals surface area contributed by atoms with Crippen LogP contribution in [0.15, 0.2) is 24.3 Å². The van der Waals surface area contributed by atoms with Gasteiger partial charge in [-0.3, -0.25) is 4.90 Å². The molecule has 1 aromatic rings. The lowest BCUT2D eigenvalue weighted by Gasteiger charge is -2.29. The molecule has 1 saturated heterocycles. The summed E-state index contributed by atoms with van der Waals surface area (Å²) in [4.78, 5) is 2.30. The van der Waals surface area contributed by atoms with Gasteiger partial charge in [0.05, 0.1) is 12.2 Å². The number of rotatable bonds is 7. The van der Waals surface area contributed by atoms with E-state index in [2.05, 4.69) is 24.1 Å². The molecule has 1 fully saturated rings. The van der Waals surface area contributed by atoms with Crippen molar-refractivity contribution in [1.29, 1.82) is 0 Å². The number of nitrogens with zero attached hydrogens (tertiary/aromatic N) is 1. The SMILES string of the molecule is CC(C)Oc1cccc(C(CN)N(C)CC2CCCO2)c1. The fourth-order valence-electron chi connectivity index (χ4n) is 2.87. The predicted octanol–water partition coefficient (Wildman–Crippen LogP) is 2.58. The van der Waals surface area contributed by atoms with E-state index < -0.39 is 0 Å². The maximum atomic E-state index is 6.01. The van der Waals surface area contributed by atoms with Gasteiger partial charge in [-0.05, 0) is 51.4 Å². The van der Waals surface area contributed by atoms with Crippen LogP contribution < -0.4 is 10.5 Å². The summed E-state index contributed by atoms with van der Waals surface area (Å²) in [6.07, 6.45) is 2.85. The molecule has 1 aliphatic rings. The summed E-state index contributed by atoms with van der Waals surface area (Å²) < 4.78 is 11.5. The number of ether oxygens (including phenoxy) is 2. The summed E-state index contributed by atoms with van der Waals surface area (Å²) in [7, 11) is 2.12. The first kappa shape index (κ1) is 16.3. The Morgan fingerprint density at radius 2 is 2.24 bits per heavy atom. The van der Waals surface area contributed by atoms with Crippen LogP contribution in [0.5, 0.6) is 5.75 Å². The van der Waals surface area contributed by atoms with Crippen molar-refractivity contribution in [3.05, 3.63) is 29.8 Å². The number of hydrogen-bond donors (Lipinski definition) is 1. The predicted molar refractivity (Wildman–Crippen MR) is 85.6 cm³/mol. The zero-order valence-electron chi connectivity index (χ0n) is 13.4. The van der Waals surface area contributed by atoms with E-state index >= 15 is 0 Å². The molecule has 2 rings (SSSR count). The zero-order valence-corrected chi connectivity index (χ0v) is 13.4. The van der Waals surface area contributed by atoms with E-state index in [1.165, 1.54) is 12.0 Å². The van der Waals surface area contributed by atoms with Crippen LogP contribution in [-0.2, 0) is 4.74 Å². The fourth-order valence-corrected chi connectivity index (χ4v) is 2.87. The van der Waals surface area contributed by atoms with Crippen molar-refractivity contribution in [2.24, 2.45) is 5.73 Å². The second-order valence-electron chi connectivity index (χ2n) is 6.07. The molecule has 0 aliphatic carbocycles. The standard InChI is InChI=1S/C17H28N2O2/c1-13(2)21-15-7-4-6-14(10-15)17(11-18)19(3)12-16-8-5-9-20-16/h4,6-7,10,13,16-17H,5,8-9,11-12,18H2,1-3H3. The Kier molecular flexibility index (Phi) is 6.03. The smallest absolute Gasteiger partial charge is 0.120 e. The van der Waals surface area contributed by atoms with Gasteiger partial charge in [-0.15, -0.1) is 0 Å². The summed E-state index contributed by atoms with van der Waals surface area (Å²) in [6, 6.07) is 8.46. The molecule has 0 spiro atoms. The molecular formula is C17H28N2O2. The van der Waals surface area contributed by atoms with Crippen molar-refractivity contribution < 1.29 is 9.47 Å². The molecule has 0 saturated carbocycles. The van der Waals surface area contributed by atoms with Gasteiger partial charge in [0.25, 0.3) is 0 Å². The van der Waals surface area contributed by atoms with Gasteiger partial charge in [-0.2, -0.15) is 0 Å². The maximum Gasteiger partial charge on any atom is 0.120 e. The van der Waals surface area contributed by atoms with Crippen molar-refractivity contribution in [2.45, 2.75) is 44.9 Å². The highest BCUT2D eigenvalue weighted by molar-refractivity contribution is 5.31. The zero-order chi connectivity index (χ0) is 15.2. The van der Waals surface area contributed by atoms with Crippen LogP contribution in [0.25, 0.3) is 0 Å². The molecule has 2 atom stereocenters. The van der Waals surface area contributed by atoms with Crippen molar-refractivity contribution in [3.8, 4) is 5.75 Å². The first-order chi connectivity index (χ1) is 10.1. The molecule has 1 heterocycles. The van der Waals surface area contributed by atoms with Crippen LogP contribution in [0.1, 0.15) is 38.3 Å². The third-order valence-electron chi connectivity index (χ3n) is 3.89. The molecule has 0 aromatic heterocycles. The molecule has 0 radical (unpaired) electrons. The van der Waals surface area contributed by atoms with Crippen LogP contribution >= 0.6 is 0 Å². The van der Waals surface area contributed by atoms with Crippen molar-refractivity contribution in [1.82, 2.24) is 4.90 Å². The molecule has 2 N–H and O–H groups in total. The lowest BCUT2D eigenvalue weighted by Crippen LogP contribution is -2.36. The van der Waals surface area contributed by atoms with Crippen LogP contribution in [0.2, 0.25) is 0 Å². The normalized spacial score (nSPS) is 20.2. The van der Waals surface area contributed by atoms with E-state index in [0.29, 0.717) is 12.6 Å². The highest BCUT2D eigenvalue weighted by Gasteiger charge is 2.22. The van der Waals surface area contributed by atoms with Crippen molar-refractivity contribution in [3.63, 3.8) is 0 Å². The lowest BCUT2D eigenvalue weighted by atomic mass is 10.0. The Hall–Kier alpha value is -1.10. The second kappa shape index (κ2) is 7.78. The third kappa shape index (κ3) is 4.70. The number of likely N-dealkylation sites (N-methyl/N-ethyl adjacent to an activating group) is 1. The van der Waals surface area contributed by atoms with Gasteiger partial charge in [0, 0.05) is 25.7 Å². The van der Waals surface area contributed by atoms with Crippen LogP contribution in [0.4, 0.5) is 0 Å². The first-order valence-electron chi connectivity index (χ1n) is 7.88. The minimum absolute atomic E-state index is 0.182. The van der Waals surface area contributed by atoms with Gasteiger partial charge in [-0.1, -0.05) is 12.1 Å². The molecule has 118 valence electrons. The Balaban J connectivity index is 2.04. The average Bonchev–Trinajstić information content (AvgIpc) is 2.92. The summed E-state index contributed by atoms with van der Waals surface area (Å²) in [5.41, 5.74) is 7.21. The van der Waals surface area contributed by atoms with Crippen LogP contribution in [0.3, 0.4) is 0 Å². The number of benzene rings is 1. The van der Waals surface area contributed by atoms with Gasteiger partial charge in [0.15, 0.2) is 0 Å². The largest absolute Gasteiger partial charge is 0.491 e. The van der Waals surface area contributed by atoms with Gasteiger partial charge in [-0.25, -0.2) is 0 Å². The van der Waals surface area contributed by atoms with Gasteiger partial charge in [0.1, 0.15) is 5.75 Å². The van der Waals surface area contributed by atoms with E-state index in [4.69, 9.17) is 15.2 Å². The van der Waals surface area contributed by atoms with Crippen LogP contribution in [-0.4, -0.2) is 43.9 Å². The molecule has 0 bridgehead atoms. The van der Waals surface area contributed by atoms with E-state index in [9.17, 15) is 0 Å². The minimum atomic E-state index is 0.182. The summed E-state index contributed by atoms with van der Waals surface area (Å²) in [5, 5.41) is 0.